The highest BCUT2D eigenvalue weighted by Crippen LogP contribution is 2.22. The molecule has 0 unspecified atom stereocenters. The van der Waals surface area contributed by atoms with E-state index in [0.29, 0.717) is 26.2 Å². The smallest absolute Gasteiger partial charge is 0.317 e. The second-order valence-corrected chi connectivity index (χ2v) is 6.64. The molecule has 1 aliphatic rings. The molecule has 1 fully saturated rings. The quantitative estimate of drug-likeness (QED) is 0.774. The summed E-state index contributed by atoms with van der Waals surface area (Å²) in [6.07, 6.45) is 1.64. The molecule has 1 saturated heterocycles. The number of aryl methyl sites for hydroxylation is 1. The molecular weight excluding hydrogens is 318 g/mol. The van der Waals surface area contributed by atoms with Crippen LogP contribution in [0, 0.1) is 12.8 Å². The number of carbonyl (C=O) groups is 2. The lowest BCUT2D eigenvalue weighted by atomic mass is 9.93. The lowest BCUT2D eigenvalue weighted by molar-refractivity contribution is -0.126. The average molecular weight is 347 g/mol. The first-order valence-electron chi connectivity index (χ1n) is 8.88. The Labute approximate surface area is 149 Å². The molecule has 0 bridgehead atoms. The van der Waals surface area contributed by atoms with E-state index in [1.54, 1.807) is 12.0 Å². The summed E-state index contributed by atoms with van der Waals surface area (Å²) in [5, 5.41) is 5.86. The van der Waals surface area contributed by atoms with Gasteiger partial charge < -0.3 is 20.3 Å². The summed E-state index contributed by atoms with van der Waals surface area (Å²) in [5.74, 6) is -0.155. The largest absolute Gasteiger partial charge is 0.383 e. The van der Waals surface area contributed by atoms with Crippen molar-refractivity contribution < 1.29 is 14.3 Å². The van der Waals surface area contributed by atoms with Crippen molar-refractivity contribution >= 4 is 11.9 Å². The molecule has 1 heterocycles. The van der Waals surface area contributed by atoms with Gasteiger partial charge in [0, 0.05) is 32.8 Å². The molecule has 25 heavy (non-hydrogen) atoms. The Hall–Kier alpha value is -2.08. The van der Waals surface area contributed by atoms with Crippen LogP contribution in [0.2, 0.25) is 0 Å². The van der Waals surface area contributed by atoms with Crippen LogP contribution in [-0.2, 0) is 16.1 Å². The average Bonchev–Trinajstić information content (AvgIpc) is 2.61. The van der Waals surface area contributed by atoms with Crippen molar-refractivity contribution in [3.05, 3.63) is 35.4 Å². The maximum Gasteiger partial charge on any atom is 0.317 e. The SMILES string of the molecule is COCCNC(=O)[C@H]1CC[C@@H](C)N(C(=O)NCc2ccccc2C)C1. The molecule has 138 valence electrons. The fourth-order valence-corrected chi connectivity index (χ4v) is 3.11. The van der Waals surface area contributed by atoms with Gasteiger partial charge in [0.05, 0.1) is 12.5 Å². The molecular formula is C19H29N3O3. The fraction of sp³-hybridized carbons (Fsp3) is 0.579. The molecule has 1 aromatic carbocycles. The first-order chi connectivity index (χ1) is 12.0. The van der Waals surface area contributed by atoms with Crippen LogP contribution in [0.5, 0.6) is 0 Å². The lowest BCUT2D eigenvalue weighted by Crippen LogP contribution is -2.52. The topological polar surface area (TPSA) is 70.7 Å². The number of benzene rings is 1. The van der Waals surface area contributed by atoms with E-state index in [1.165, 1.54) is 0 Å². The minimum Gasteiger partial charge on any atom is -0.383 e. The van der Waals surface area contributed by atoms with E-state index >= 15 is 0 Å². The van der Waals surface area contributed by atoms with Crippen molar-refractivity contribution in [2.45, 2.75) is 39.3 Å². The minimum atomic E-state index is -0.155. The van der Waals surface area contributed by atoms with Gasteiger partial charge in [-0.3, -0.25) is 4.79 Å². The van der Waals surface area contributed by atoms with Gasteiger partial charge in [-0.15, -0.1) is 0 Å². The molecule has 0 spiro atoms. The Bertz CT molecular complexity index is 591. The zero-order valence-corrected chi connectivity index (χ0v) is 15.4. The van der Waals surface area contributed by atoms with Crippen LogP contribution in [0.15, 0.2) is 24.3 Å². The summed E-state index contributed by atoms with van der Waals surface area (Å²) in [6, 6.07) is 8.04. The van der Waals surface area contributed by atoms with Crippen molar-refractivity contribution in [1.29, 1.82) is 0 Å². The summed E-state index contributed by atoms with van der Waals surface area (Å²) in [4.78, 5) is 26.6. The Morgan fingerprint density at radius 1 is 1.24 bits per heavy atom. The first-order valence-corrected chi connectivity index (χ1v) is 8.88. The summed E-state index contributed by atoms with van der Waals surface area (Å²) in [7, 11) is 1.61. The fourth-order valence-electron chi connectivity index (χ4n) is 3.11. The number of rotatable bonds is 6. The summed E-state index contributed by atoms with van der Waals surface area (Å²) < 4.78 is 4.95. The highest BCUT2D eigenvalue weighted by Gasteiger charge is 2.32. The number of ether oxygens (including phenoxy) is 1. The standard InChI is InChI=1S/C19H29N3O3/c1-14-6-4-5-7-16(14)12-21-19(24)22-13-17(9-8-15(22)2)18(23)20-10-11-25-3/h4-7,15,17H,8-13H2,1-3H3,(H,20,23)(H,21,24)/t15-,17+/m1/s1. The van der Waals surface area contributed by atoms with Crippen LogP contribution in [0.1, 0.15) is 30.9 Å². The summed E-state index contributed by atoms with van der Waals surface area (Å²) in [5.41, 5.74) is 2.26. The van der Waals surface area contributed by atoms with Crippen molar-refractivity contribution in [3.63, 3.8) is 0 Å². The van der Waals surface area contributed by atoms with Crippen LogP contribution in [0.3, 0.4) is 0 Å². The van der Waals surface area contributed by atoms with Crippen molar-refractivity contribution in [2.75, 3.05) is 26.8 Å². The number of nitrogens with zero attached hydrogens (tertiary/aromatic N) is 1. The van der Waals surface area contributed by atoms with E-state index in [2.05, 4.69) is 10.6 Å². The zero-order chi connectivity index (χ0) is 18.2. The van der Waals surface area contributed by atoms with Gasteiger partial charge in [-0.05, 0) is 37.8 Å². The van der Waals surface area contributed by atoms with Gasteiger partial charge in [-0.1, -0.05) is 24.3 Å². The van der Waals surface area contributed by atoms with E-state index in [9.17, 15) is 9.59 Å². The predicted molar refractivity (Wildman–Crippen MR) is 97.2 cm³/mol. The van der Waals surface area contributed by atoms with Crippen molar-refractivity contribution in [1.82, 2.24) is 15.5 Å². The number of urea groups is 1. The van der Waals surface area contributed by atoms with Crippen molar-refractivity contribution in [2.24, 2.45) is 5.92 Å². The Morgan fingerprint density at radius 3 is 2.72 bits per heavy atom. The van der Waals surface area contributed by atoms with Gasteiger partial charge in [0.2, 0.25) is 5.91 Å². The van der Waals surface area contributed by atoms with Crippen LogP contribution in [0.25, 0.3) is 0 Å². The van der Waals surface area contributed by atoms with Crippen LogP contribution in [0.4, 0.5) is 4.79 Å². The van der Waals surface area contributed by atoms with E-state index < -0.39 is 0 Å². The Kier molecular flexibility index (Phi) is 7.25. The van der Waals surface area contributed by atoms with E-state index in [-0.39, 0.29) is 23.9 Å². The first kappa shape index (κ1) is 19.2. The third-order valence-electron chi connectivity index (χ3n) is 4.81. The second-order valence-electron chi connectivity index (χ2n) is 6.64. The number of piperidine rings is 1. The number of likely N-dealkylation sites (tertiary alicyclic amines) is 1. The van der Waals surface area contributed by atoms with E-state index in [0.717, 1.165) is 24.0 Å². The Morgan fingerprint density at radius 2 is 2.00 bits per heavy atom. The second kappa shape index (κ2) is 9.42. The maximum absolute atomic E-state index is 12.6. The predicted octanol–water partition coefficient (Wildman–Crippen LogP) is 2.07. The molecule has 6 heteroatoms. The molecule has 1 aliphatic heterocycles. The molecule has 0 radical (unpaired) electrons. The zero-order valence-electron chi connectivity index (χ0n) is 15.4. The van der Waals surface area contributed by atoms with Gasteiger partial charge in [0.15, 0.2) is 0 Å². The van der Waals surface area contributed by atoms with Crippen LogP contribution < -0.4 is 10.6 Å². The molecule has 3 amide bonds. The number of hydrogen-bond acceptors (Lipinski definition) is 3. The third kappa shape index (κ3) is 5.46. The number of carbonyl (C=O) groups excluding carboxylic acids is 2. The lowest BCUT2D eigenvalue weighted by Gasteiger charge is -2.37. The van der Waals surface area contributed by atoms with Gasteiger partial charge in [-0.2, -0.15) is 0 Å². The van der Waals surface area contributed by atoms with Gasteiger partial charge in [-0.25, -0.2) is 4.79 Å². The Balaban J connectivity index is 1.89. The monoisotopic (exact) mass is 347 g/mol. The third-order valence-corrected chi connectivity index (χ3v) is 4.81. The van der Waals surface area contributed by atoms with Gasteiger partial charge >= 0.3 is 6.03 Å². The normalized spacial score (nSPS) is 20.2. The molecule has 2 atom stereocenters. The molecule has 6 nitrogen and oxygen atoms in total. The van der Waals surface area contributed by atoms with E-state index in [1.807, 2.05) is 38.1 Å². The van der Waals surface area contributed by atoms with Crippen LogP contribution in [-0.4, -0.2) is 49.7 Å². The molecule has 2 rings (SSSR count). The van der Waals surface area contributed by atoms with Crippen molar-refractivity contribution in [3.8, 4) is 0 Å². The minimum absolute atomic E-state index is 0.000605. The molecule has 0 saturated carbocycles. The molecule has 0 aliphatic carbocycles. The van der Waals surface area contributed by atoms with Gasteiger partial charge in [0.25, 0.3) is 0 Å². The summed E-state index contributed by atoms with van der Waals surface area (Å²) >= 11 is 0. The maximum atomic E-state index is 12.6. The van der Waals surface area contributed by atoms with Gasteiger partial charge in [0.1, 0.15) is 0 Å². The number of amides is 3. The molecule has 2 N–H and O–H groups in total. The number of hydrogen-bond donors (Lipinski definition) is 2. The number of methoxy groups -OCH3 is 1. The highest BCUT2D eigenvalue weighted by molar-refractivity contribution is 5.81. The number of nitrogens with one attached hydrogen (secondary N) is 2. The summed E-state index contributed by atoms with van der Waals surface area (Å²) in [6.45, 7) is 6.02. The van der Waals surface area contributed by atoms with Crippen LogP contribution >= 0.6 is 0 Å². The molecule has 1 aromatic rings. The van der Waals surface area contributed by atoms with E-state index in [4.69, 9.17) is 4.74 Å². The molecule has 0 aromatic heterocycles. The highest BCUT2D eigenvalue weighted by atomic mass is 16.5.